The van der Waals surface area contributed by atoms with Crippen molar-refractivity contribution in [2.24, 2.45) is 16.6 Å². The molecule has 1 fully saturated rings. The first-order valence-electron chi connectivity index (χ1n) is 5.73. The largest absolute Gasteiger partial charge is 0.385 e. The number of amides is 2. The number of amidine groups is 1. The van der Waals surface area contributed by atoms with E-state index in [1.54, 1.807) is 4.90 Å². The number of rotatable bonds is 2. The van der Waals surface area contributed by atoms with Crippen molar-refractivity contribution in [1.29, 1.82) is 0 Å². The Kier molecular flexibility index (Phi) is 2.66. The molecule has 5 nitrogen and oxygen atoms in total. The first kappa shape index (κ1) is 11.4. The Balaban J connectivity index is 2.34. The summed E-state index contributed by atoms with van der Waals surface area (Å²) in [5, 5.41) is 0. The van der Waals surface area contributed by atoms with Gasteiger partial charge in [0, 0.05) is 18.6 Å². The van der Waals surface area contributed by atoms with Crippen LogP contribution in [0.15, 0.2) is 4.99 Å². The number of ether oxygens (including phenoxy) is 1. The molecule has 16 heavy (non-hydrogen) atoms. The van der Waals surface area contributed by atoms with Crippen molar-refractivity contribution in [2.75, 3.05) is 13.2 Å². The van der Waals surface area contributed by atoms with Gasteiger partial charge < -0.3 is 15.4 Å². The number of carbonyl (C=O) groups is 1. The third-order valence-electron chi connectivity index (χ3n) is 3.68. The summed E-state index contributed by atoms with van der Waals surface area (Å²) in [6.07, 6.45) is 0.934. The third-order valence-corrected chi connectivity index (χ3v) is 3.68. The predicted octanol–water partition coefficient (Wildman–Crippen LogP) is 0.983. The van der Waals surface area contributed by atoms with Crippen LogP contribution in [0.3, 0.4) is 0 Å². The number of urea groups is 1. The van der Waals surface area contributed by atoms with Crippen molar-refractivity contribution in [2.45, 2.75) is 38.8 Å². The Morgan fingerprint density at radius 1 is 1.62 bits per heavy atom. The lowest BCUT2D eigenvalue weighted by molar-refractivity contribution is 0.102. The Hall–Kier alpha value is -1.10. The number of carbonyl (C=O) groups excluding carboxylic acids is 1. The SMILES string of the molecule is CC(C)N1C(=O)N=C(N)C1(C)C1CCOC1. The molecule has 0 bridgehead atoms. The van der Waals surface area contributed by atoms with E-state index in [0.717, 1.165) is 13.0 Å². The molecule has 2 aliphatic rings. The van der Waals surface area contributed by atoms with Crippen LogP contribution in [0.4, 0.5) is 4.79 Å². The molecule has 0 radical (unpaired) electrons. The molecule has 0 aromatic rings. The summed E-state index contributed by atoms with van der Waals surface area (Å²) < 4.78 is 5.40. The van der Waals surface area contributed by atoms with Gasteiger partial charge in [0.05, 0.1) is 6.61 Å². The van der Waals surface area contributed by atoms with Gasteiger partial charge in [-0.1, -0.05) is 0 Å². The van der Waals surface area contributed by atoms with Crippen LogP contribution in [0.25, 0.3) is 0 Å². The highest BCUT2D eigenvalue weighted by molar-refractivity contribution is 6.05. The number of hydrogen-bond acceptors (Lipinski definition) is 3. The molecular weight excluding hydrogens is 206 g/mol. The van der Waals surface area contributed by atoms with E-state index in [-0.39, 0.29) is 18.0 Å². The van der Waals surface area contributed by atoms with Gasteiger partial charge in [-0.3, -0.25) is 0 Å². The summed E-state index contributed by atoms with van der Waals surface area (Å²) in [6, 6.07) is -0.121. The smallest absolute Gasteiger partial charge is 0.346 e. The van der Waals surface area contributed by atoms with E-state index in [4.69, 9.17) is 10.5 Å². The Labute approximate surface area is 95.6 Å². The molecule has 2 aliphatic heterocycles. The molecule has 0 aliphatic carbocycles. The van der Waals surface area contributed by atoms with Crippen LogP contribution in [0.1, 0.15) is 27.2 Å². The molecule has 0 aromatic carbocycles. The van der Waals surface area contributed by atoms with Crippen LogP contribution in [-0.4, -0.2) is 41.6 Å². The molecule has 0 spiro atoms. The van der Waals surface area contributed by atoms with E-state index in [1.165, 1.54) is 0 Å². The second kappa shape index (κ2) is 3.73. The first-order valence-corrected chi connectivity index (χ1v) is 5.73. The van der Waals surface area contributed by atoms with E-state index in [2.05, 4.69) is 4.99 Å². The van der Waals surface area contributed by atoms with E-state index in [1.807, 2.05) is 20.8 Å². The minimum atomic E-state index is -0.470. The fourth-order valence-electron chi connectivity index (χ4n) is 2.73. The van der Waals surface area contributed by atoms with Gasteiger partial charge in [0.1, 0.15) is 11.4 Å². The number of nitrogens with zero attached hydrogens (tertiary/aromatic N) is 2. The molecular formula is C11H19N3O2. The third kappa shape index (κ3) is 1.42. The second-order valence-corrected chi connectivity index (χ2v) is 4.95. The van der Waals surface area contributed by atoms with Crippen LogP contribution < -0.4 is 5.73 Å². The van der Waals surface area contributed by atoms with Gasteiger partial charge in [-0.2, -0.15) is 4.99 Å². The molecule has 2 unspecified atom stereocenters. The first-order chi connectivity index (χ1) is 7.48. The summed E-state index contributed by atoms with van der Waals surface area (Å²) in [5.74, 6) is 0.687. The average Bonchev–Trinajstić information content (AvgIpc) is 2.74. The van der Waals surface area contributed by atoms with Crippen molar-refractivity contribution < 1.29 is 9.53 Å². The minimum absolute atomic E-state index is 0.0999. The maximum Gasteiger partial charge on any atom is 0.346 e. The number of hydrogen-bond donors (Lipinski definition) is 1. The van der Waals surface area contributed by atoms with Crippen molar-refractivity contribution in [1.82, 2.24) is 4.90 Å². The van der Waals surface area contributed by atoms with Crippen LogP contribution >= 0.6 is 0 Å². The van der Waals surface area contributed by atoms with Gasteiger partial charge in [0.15, 0.2) is 0 Å². The van der Waals surface area contributed by atoms with E-state index in [9.17, 15) is 4.79 Å². The summed E-state index contributed by atoms with van der Waals surface area (Å²) in [7, 11) is 0. The molecule has 5 heteroatoms. The van der Waals surface area contributed by atoms with E-state index >= 15 is 0 Å². The quantitative estimate of drug-likeness (QED) is 0.761. The molecule has 90 valence electrons. The summed E-state index contributed by atoms with van der Waals surface area (Å²) in [4.78, 5) is 17.5. The fourth-order valence-corrected chi connectivity index (χ4v) is 2.73. The average molecular weight is 225 g/mol. The van der Waals surface area contributed by atoms with Crippen molar-refractivity contribution in [3.8, 4) is 0 Å². The van der Waals surface area contributed by atoms with Gasteiger partial charge in [0.2, 0.25) is 0 Å². The zero-order chi connectivity index (χ0) is 11.9. The molecule has 2 heterocycles. The Morgan fingerprint density at radius 2 is 2.31 bits per heavy atom. The molecule has 2 rings (SSSR count). The van der Waals surface area contributed by atoms with Gasteiger partial charge >= 0.3 is 6.03 Å². The highest BCUT2D eigenvalue weighted by atomic mass is 16.5. The van der Waals surface area contributed by atoms with Crippen LogP contribution in [0.2, 0.25) is 0 Å². The zero-order valence-electron chi connectivity index (χ0n) is 10.1. The highest BCUT2D eigenvalue weighted by Gasteiger charge is 2.51. The topological polar surface area (TPSA) is 67.9 Å². The summed E-state index contributed by atoms with van der Waals surface area (Å²) in [6.45, 7) is 7.37. The fraction of sp³-hybridized carbons (Fsp3) is 0.818. The Morgan fingerprint density at radius 3 is 2.81 bits per heavy atom. The lowest BCUT2D eigenvalue weighted by Crippen LogP contribution is -2.59. The lowest BCUT2D eigenvalue weighted by Gasteiger charge is -2.41. The van der Waals surface area contributed by atoms with Gasteiger partial charge in [-0.15, -0.1) is 0 Å². The van der Waals surface area contributed by atoms with Crippen molar-refractivity contribution >= 4 is 11.9 Å². The second-order valence-electron chi connectivity index (χ2n) is 4.95. The van der Waals surface area contributed by atoms with Crippen LogP contribution in [0, 0.1) is 5.92 Å². The Bertz CT molecular complexity index is 334. The summed E-state index contributed by atoms with van der Waals surface area (Å²) in [5.41, 5.74) is 5.47. The van der Waals surface area contributed by atoms with Crippen LogP contribution in [0.5, 0.6) is 0 Å². The molecule has 0 aromatic heterocycles. The van der Waals surface area contributed by atoms with Gasteiger partial charge in [-0.25, -0.2) is 4.79 Å². The number of aliphatic imine (C=N–C) groups is 1. The van der Waals surface area contributed by atoms with Gasteiger partial charge in [-0.05, 0) is 27.2 Å². The monoisotopic (exact) mass is 225 g/mol. The maximum atomic E-state index is 11.8. The molecule has 1 saturated heterocycles. The van der Waals surface area contributed by atoms with Crippen LogP contribution in [-0.2, 0) is 4.74 Å². The predicted molar refractivity (Wildman–Crippen MR) is 61.3 cm³/mol. The highest BCUT2D eigenvalue weighted by Crippen LogP contribution is 2.36. The van der Waals surface area contributed by atoms with Gasteiger partial charge in [0.25, 0.3) is 0 Å². The van der Waals surface area contributed by atoms with Crippen molar-refractivity contribution in [3.05, 3.63) is 0 Å². The van der Waals surface area contributed by atoms with E-state index in [0.29, 0.717) is 12.4 Å². The summed E-state index contributed by atoms with van der Waals surface area (Å²) >= 11 is 0. The molecule has 2 N–H and O–H groups in total. The standard InChI is InChI=1S/C11H19N3O2/c1-7(2)14-10(15)13-9(12)11(14,3)8-4-5-16-6-8/h7-8H,4-6H2,1-3H3,(H2,12,13,15). The molecule has 0 saturated carbocycles. The van der Waals surface area contributed by atoms with E-state index < -0.39 is 5.54 Å². The maximum absolute atomic E-state index is 11.8. The molecule has 2 atom stereocenters. The zero-order valence-corrected chi connectivity index (χ0v) is 10.1. The normalized spacial score (nSPS) is 35.0. The molecule has 2 amide bonds. The minimum Gasteiger partial charge on any atom is -0.385 e. The van der Waals surface area contributed by atoms with Crippen molar-refractivity contribution in [3.63, 3.8) is 0 Å². The lowest BCUT2D eigenvalue weighted by atomic mass is 9.82. The number of nitrogens with two attached hydrogens (primary N) is 1.